The summed E-state index contributed by atoms with van der Waals surface area (Å²) in [4.78, 5) is 2.41. The first kappa shape index (κ1) is 10.0. The minimum absolute atomic E-state index is 0.406. The second-order valence-corrected chi connectivity index (χ2v) is 4.29. The molecule has 0 N–H and O–H groups in total. The van der Waals surface area contributed by atoms with Crippen LogP contribution in [-0.4, -0.2) is 38.3 Å². The van der Waals surface area contributed by atoms with Gasteiger partial charge in [-0.3, -0.25) is 0 Å². The van der Waals surface area contributed by atoms with Crippen LogP contribution in [-0.2, 0) is 4.74 Å². The summed E-state index contributed by atoms with van der Waals surface area (Å²) in [6, 6.07) is 0. The molecule has 2 heteroatoms. The van der Waals surface area contributed by atoms with Crippen LogP contribution in [0.25, 0.3) is 0 Å². The molecule has 0 bridgehead atoms. The summed E-state index contributed by atoms with van der Waals surface area (Å²) in [6.07, 6.45) is 2.64. The number of piperidine rings is 1. The minimum Gasteiger partial charge on any atom is -0.381 e. The second kappa shape index (κ2) is 4.24. The number of hydrogen-bond acceptors (Lipinski definition) is 2. The van der Waals surface area contributed by atoms with E-state index in [1.54, 1.807) is 0 Å². The molecule has 0 aromatic heterocycles. The maximum absolute atomic E-state index is 5.50. The van der Waals surface area contributed by atoms with E-state index in [0.29, 0.717) is 5.41 Å². The van der Waals surface area contributed by atoms with Gasteiger partial charge in [-0.1, -0.05) is 6.92 Å². The molecular formula is C10H21NO. The Hall–Kier alpha value is -0.0800. The third-order valence-corrected chi connectivity index (χ3v) is 2.63. The van der Waals surface area contributed by atoms with Gasteiger partial charge in [-0.05, 0) is 33.4 Å². The molecule has 0 spiro atoms. The van der Waals surface area contributed by atoms with Crippen molar-refractivity contribution in [1.29, 1.82) is 0 Å². The fourth-order valence-corrected chi connectivity index (χ4v) is 2.05. The second-order valence-electron chi connectivity index (χ2n) is 4.29. The summed E-state index contributed by atoms with van der Waals surface area (Å²) in [7, 11) is 2.20. The van der Waals surface area contributed by atoms with Crippen molar-refractivity contribution in [3.8, 4) is 0 Å². The SMILES string of the molecule is CCOCC1(C)CCCN(C)C1. The molecule has 1 rings (SSSR count). The molecule has 0 saturated carbocycles. The average Bonchev–Trinajstić information content (AvgIpc) is 2.01. The average molecular weight is 171 g/mol. The van der Waals surface area contributed by atoms with Crippen LogP contribution in [0.4, 0.5) is 0 Å². The van der Waals surface area contributed by atoms with Gasteiger partial charge < -0.3 is 9.64 Å². The van der Waals surface area contributed by atoms with E-state index in [1.165, 1.54) is 25.9 Å². The fraction of sp³-hybridized carbons (Fsp3) is 1.00. The van der Waals surface area contributed by atoms with E-state index >= 15 is 0 Å². The first-order valence-electron chi connectivity index (χ1n) is 4.92. The Morgan fingerprint density at radius 2 is 2.25 bits per heavy atom. The van der Waals surface area contributed by atoms with Crippen LogP contribution in [0.15, 0.2) is 0 Å². The number of hydrogen-bond donors (Lipinski definition) is 0. The lowest BCUT2D eigenvalue weighted by Crippen LogP contribution is -2.42. The van der Waals surface area contributed by atoms with Crippen molar-refractivity contribution in [2.45, 2.75) is 26.7 Å². The molecule has 1 fully saturated rings. The molecule has 1 saturated heterocycles. The molecule has 1 heterocycles. The predicted molar refractivity (Wildman–Crippen MR) is 51.3 cm³/mol. The summed E-state index contributed by atoms with van der Waals surface area (Å²) in [5.74, 6) is 0. The highest BCUT2D eigenvalue weighted by Crippen LogP contribution is 2.28. The van der Waals surface area contributed by atoms with Gasteiger partial charge >= 0.3 is 0 Å². The largest absolute Gasteiger partial charge is 0.381 e. The zero-order valence-electron chi connectivity index (χ0n) is 8.60. The predicted octanol–water partition coefficient (Wildman–Crippen LogP) is 1.75. The van der Waals surface area contributed by atoms with E-state index < -0.39 is 0 Å². The van der Waals surface area contributed by atoms with Gasteiger partial charge in [0.05, 0.1) is 6.61 Å². The molecule has 0 amide bonds. The monoisotopic (exact) mass is 171 g/mol. The van der Waals surface area contributed by atoms with Crippen LogP contribution in [0.2, 0.25) is 0 Å². The highest BCUT2D eigenvalue weighted by Gasteiger charge is 2.29. The van der Waals surface area contributed by atoms with Gasteiger partial charge in [-0.15, -0.1) is 0 Å². The molecule has 0 radical (unpaired) electrons. The lowest BCUT2D eigenvalue weighted by atomic mass is 9.83. The van der Waals surface area contributed by atoms with E-state index in [2.05, 4.69) is 25.8 Å². The molecule has 0 aromatic carbocycles. The zero-order valence-corrected chi connectivity index (χ0v) is 8.60. The molecule has 1 aliphatic rings. The number of rotatable bonds is 3. The summed E-state index contributed by atoms with van der Waals surface area (Å²) in [5.41, 5.74) is 0.406. The Kier molecular flexibility index (Phi) is 3.53. The normalized spacial score (nSPS) is 32.2. The molecule has 0 aliphatic carbocycles. The van der Waals surface area contributed by atoms with E-state index in [-0.39, 0.29) is 0 Å². The van der Waals surface area contributed by atoms with Crippen molar-refractivity contribution < 1.29 is 4.74 Å². The molecular weight excluding hydrogens is 150 g/mol. The molecule has 2 nitrogen and oxygen atoms in total. The standard InChI is InChI=1S/C10H21NO/c1-4-12-9-10(2)6-5-7-11(3)8-10/h4-9H2,1-3H3. The molecule has 1 unspecified atom stereocenters. The molecule has 12 heavy (non-hydrogen) atoms. The molecule has 0 aromatic rings. The first-order valence-corrected chi connectivity index (χ1v) is 4.92. The fourth-order valence-electron chi connectivity index (χ4n) is 2.05. The molecule has 1 atom stereocenters. The quantitative estimate of drug-likeness (QED) is 0.641. The Labute approximate surface area is 75.9 Å². The third kappa shape index (κ3) is 2.76. The van der Waals surface area contributed by atoms with Crippen LogP contribution in [0, 0.1) is 5.41 Å². The minimum atomic E-state index is 0.406. The van der Waals surface area contributed by atoms with E-state index in [1.807, 2.05) is 0 Å². The topological polar surface area (TPSA) is 12.5 Å². The van der Waals surface area contributed by atoms with Gasteiger partial charge in [0.1, 0.15) is 0 Å². The summed E-state index contributed by atoms with van der Waals surface area (Å²) < 4.78 is 5.50. The van der Waals surface area contributed by atoms with Gasteiger partial charge in [0, 0.05) is 18.6 Å². The van der Waals surface area contributed by atoms with Gasteiger partial charge in [0.2, 0.25) is 0 Å². The highest BCUT2D eigenvalue weighted by atomic mass is 16.5. The number of ether oxygens (including phenoxy) is 1. The first-order chi connectivity index (χ1) is 5.66. The highest BCUT2D eigenvalue weighted by molar-refractivity contribution is 4.81. The van der Waals surface area contributed by atoms with Crippen molar-refractivity contribution in [3.63, 3.8) is 0 Å². The number of nitrogens with zero attached hydrogens (tertiary/aromatic N) is 1. The van der Waals surface area contributed by atoms with Crippen molar-refractivity contribution in [1.82, 2.24) is 4.90 Å². The Morgan fingerprint density at radius 3 is 2.83 bits per heavy atom. The Morgan fingerprint density at radius 1 is 1.50 bits per heavy atom. The van der Waals surface area contributed by atoms with Gasteiger partial charge in [0.15, 0.2) is 0 Å². The van der Waals surface area contributed by atoms with Crippen molar-refractivity contribution >= 4 is 0 Å². The van der Waals surface area contributed by atoms with Crippen LogP contribution in [0.5, 0.6) is 0 Å². The maximum atomic E-state index is 5.50. The molecule has 72 valence electrons. The van der Waals surface area contributed by atoms with Crippen LogP contribution < -0.4 is 0 Å². The molecule has 1 aliphatic heterocycles. The summed E-state index contributed by atoms with van der Waals surface area (Å²) in [6.45, 7) is 8.61. The van der Waals surface area contributed by atoms with E-state index in [4.69, 9.17) is 4.74 Å². The van der Waals surface area contributed by atoms with Gasteiger partial charge in [-0.25, -0.2) is 0 Å². The summed E-state index contributed by atoms with van der Waals surface area (Å²) >= 11 is 0. The van der Waals surface area contributed by atoms with Crippen LogP contribution >= 0.6 is 0 Å². The summed E-state index contributed by atoms with van der Waals surface area (Å²) in [5, 5.41) is 0. The van der Waals surface area contributed by atoms with E-state index in [9.17, 15) is 0 Å². The third-order valence-electron chi connectivity index (χ3n) is 2.63. The zero-order chi connectivity index (χ0) is 9.03. The Balaban J connectivity index is 2.35. The van der Waals surface area contributed by atoms with E-state index in [0.717, 1.165) is 13.2 Å². The van der Waals surface area contributed by atoms with Gasteiger partial charge in [-0.2, -0.15) is 0 Å². The van der Waals surface area contributed by atoms with Crippen LogP contribution in [0.3, 0.4) is 0 Å². The van der Waals surface area contributed by atoms with Crippen molar-refractivity contribution in [2.24, 2.45) is 5.41 Å². The van der Waals surface area contributed by atoms with Crippen molar-refractivity contribution in [2.75, 3.05) is 33.4 Å². The lowest BCUT2D eigenvalue weighted by molar-refractivity contribution is 0.0153. The van der Waals surface area contributed by atoms with Crippen LogP contribution in [0.1, 0.15) is 26.7 Å². The smallest absolute Gasteiger partial charge is 0.0531 e. The lowest BCUT2D eigenvalue weighted by Gasteiger charge is -2.38. The Bertz CT molecular complexity index is 138. The maximum Gasteiger partial charge on any atom is 0.0531 e. The van der Waals surface area contributed by atoms with Crippen molar-refractivity contribution in [3.05, 3.63) is 0 Å². The van der Waals surface area contributed by atoms with Gasteiger partial charge in [0.25, 0.3) is 0 Å². The number of likely N-dealkylation sites (tertiary alicyclic amines) is 1.